The van der Waals surface area contributed by atoms with E-state index in [1.54, 1.807) is 11.8 Å². The lowest BCUT2D eigenvalue weighted by atomic mass is 10.2. The zero-order valence-corrected chi connectivity index (χ0v) is 12.1. The van der Waals surface area contributed by atoms with Crippen molar-refractivity contribution in [2.75, 3.05) is 0 Å². The predicted octanol–water partition coefficient (Wildman–Crippen LogP) is 4.68. The van der Waals surface area contributed by atoms with E-state index < -0.39 is 0 Å². The van der Waals surface area contributed by atoms with E-state index in [-0.39, 0.29) is 0 Å². The van der Waals surface area contributed by atoms with Crippen molar-refractivity contribution in [3.8, 4) is 11.5 Å². The third kappa shape index (κ3) is 3.03. The van der Waals surface area contributed by atoms with Gasteiger partial charge in [-0.3, -0.25) is 0 Å². The molecule has 0 atom stereocenters. The van der Waals surface area contributed by atoms with Gasteiger partial charge in [-0.1, -0.05) is 47.1 Å². The summed E-state index contributed by atoms with van der Waals surface area (Å²) in [5, 5.41) is 4.73. The van der Waals surface area contributed by atoms with Gasteiger partial charge in [0, 0.05) is 10.5 Å². The van der Waals surface area contributed by atoms with E-state index in [2.05, 4.69) is 10.1 Å². The number of halogens is 1. The summed E-state index contributed by atoms with van der Waals surface area (Å²) in [7, 11) is 0. The van der Waals surface area contributed by atoms with Crippen LogP contribution in [0.1, 0.15) is 5.82 Å². The molecule has 0 aliphatic heterocycles. The van der Waals surface area contributed by atoms with E-state index in [9.17, 15) is 0 Å². The van der Waals surface area contributed by atoms with Crippen LogP contribution in [0.3, 0.4) is 0 Å². The smallest absolute Gasteiger partial charge is 0.257 e. The van der Waals surface area contributed by atoms with Gasteiger partial charge in [0.15, 0.2) is 5.82 Å². The minimum absolute atomic E-state index is 0.542. The van der Waals surface area contributed by atoms with Crippen LogP contribution in [0.2, 0.25) is 5.02 Å². The first-order valence-electron chi connectivity index (χ1n) is 6.08. The molecule has 1 aromatic heterocycles. The van der Waals surface area contributed by atoms with Gasteiger partial charge in [-0.15, -0.1) is 11.8 Å². The highest BCUT2D eigenvalue weighted by atomic mass is 35.5. The summed E-state index contributed by atoms with van der Waals surface area (Å²) in [4.78, 5) is 5.40. The molecule has 0 radical (unpaired) electrons. The Balaban J connectivity index is 1.71. The fraction of sp³-hybridized carbons (Fsp3) is 0.0667. The molecule has 20 heavy (non-hydrogen) atoms. The molecule has 0 saturated carbocycles. The number of aromatic nitrogens is 2. The van der Waals surface area contributed by atoms with Gasteiger partial charge in [-0.2, -0.15) is 4.98 Å². The van der Waals surface area contributed by atoms with E-state index in [0.29, 0.717) is 17.5 Å². The first-order valence-corrected chi connectivity index (χ1v) is 7.44. The maximum absolute atomic E-state index is 6.11. The van der Waals surface area contributed by atoms with Crippen molar-refractivity contribution in [1.29, 1.82) is 0 Å². The molecule has 100 valence electrons. The van der Waals surface area contributed by atoms with Crippen LogP contribution >= 0.6 is 23.4 Å². The van der Waals surface area contributed by atoms with Crippen molar-refractivity contribution in [2.45, 2.75) is 10.6 Å². The van der Waals surface area contributed by atoms with Gasteiger partial charge in [0.25, 0.3) is 5.89 Å². The van der Waals surface area contributed by atoms with Crippen LogP contribution in [-0.4, -0.2) is 10.1 Å². The summed E-state index contributed by atoms with van der Waals surface area (Å²) < 4.78 is 5.26. The normalized spacial score (nSPS) is 10.7. The molecule has 0 aliphatic carbocycles. The molecule has 3 aromatic rings. The van der Waals surface area contributed by atoms with Crippen molar-refractivity contribution in [2.24, 2.45) is 0 Å². The molecule has 0 bridgehead atoms. The molecule has 3 nitrogen and oxygen atoms in total. The van der Waals surface area contributed by atoms with E-state index >= 15 is 0 Å². The fourth-order valence-corrected chi connectivity index (χ4v) is 2.80. The van der Waals surface area contributed by atoms with Crippen LogP contribution in [0.15, 0.2) is 64.0 Å². The molecule has 0 aliphatic rings. The number of benzene rings is 2. The van der Waals surface area contributed by atoms with Gasteiger partial charge < -0.3 is 4.52 Å². The minimum atomic E-state index is 0.542. The second-order valence-corrected chi connectivity index (χ2v) is 5.53. The highest BCUT2D eigenvalue weighted by Gasteiger charge is 2.09. The van der Waals surface area contributed by atoms with Crippen molar-refractivity contribution in [1.82, 2.24) is 10.1 Å². The summed E-state index contributed by atoms with van der Waals surface area (Å²) in [5.41, 5.74) is 0.925. The zero-order chi connectivity index (χ0) is 13.8. The van der Waals surface area contributed by atoms with E-state index in [1.807, 2.05) is 54.6 Å². The van der Waals surface area contributed by atoms with Gasteiger partial charge >= 0.3 is 0 Å². The Morgan fingerprint density at radius 1 is 1.00 bits per heavy atom. The van der Waals surface area contributed by atoms with Crippen molar-refractivity contribution >= 4 is 23.4 Å². The summed E-state index contributed by atoms with van der Waals surface area (Å²) in [5.74, 6) is 1.83. The molecular formula is C15H11ClN2OS. The van der Waals surface area contributed by atoms with Crippen LogP contribution in [-0.2, 0) is 5.75 Å². The third-order valence-electron chi connectivity index (χ3n) is 2.68. The monoisotopic (exact) mass is 302 g/mol. The lowest BCUT2D eigenvalue weighted by Crippen LogP contribution is -1.84. The molecule has 0 fully saturated rings. The molecule has 5 heteroatoms. The van der Waals surface area contributed by atoms with Crippen LogP contribution < -0.4 is 0 Å². The van der Waals surface area contributed by atoms with Crippen molar-refractivity contribution in [3.05, 3.63) is 65.4 Å². The van der Waals surface area contributed by atoms with E-state index in [1.165, 1.54) is 0 Å². The second-order valence-electron chi connectivity index (χ2n) is 4.10. The Morgan fingerprint density at radius 2 is 1.75 bits per heavy atom. The van der Waals surface area contributed by atoms with Crippen LogP contribution in [0.25, 0.3) is 11.5 Å². The Morgan fingerprint density at radius 3 is 2.55 bits per heavy atom. The minimum Gasteiger partial charge on any atom is -0.334 e. The molecule has 0 spiro atoms. The zero-order valence-electron chi connectivity index (χ0n) is 10.5. The van der Waals surface area contributed by atoms with E-state index in [0.717, 1.165) is 15.5 Å². The molecule has 1 heterocycles. The van der Waals surface area contributed by atoms with Crippen LogP contribution in [0.5, 0.6) is 0 Å². The summed E-state index contributed by atoms with van der Waals surface area (Å²) >= 11 is 7.70. The average Bonchev–Trinajstić information content (AvgIpc) is 2.96. The molecule has 0 saturated heterocycles. The quantitative estimate of drug-likeness (QED) is 0.656. The third-order valence-corrected chi connectivity index (χ3v) is 4.19. The topological polar surface area (TPSA) is 38.9 Å². The molecule has 0 unspecified atom stereocenters. The first kappa shape index (κ1) is 13.2. The Labute approximate surface area is 126 Å². The molecule has 3 rings (SSSR count). The second kappa shape index (κ2) is 6.11. The van der Waals surface area contributed by atoms with Gasteiger partial charge in [0.1, 0.15) is 0 Å². The van der Waals surface area contributed by atoms with Crippen molar-refractivity contribution < 1.29 is 4.52 Å². The SMILES string of the molecule is Clc1ccccc1SCc1noc(-c2ccccc2)n1. The maximum Gasteiger partial charge on any atom is 0.257 e. The number of rotatable bonds is 4. The summed E-state index contributed by atoms with van der Waals surface area (Å²) in [6.45, 7) is 0. The number of nitrogens with zero attached hydrogens (tertiary/aromatic N) is 2. The van der Waals surface area contributed by atoms with Gasteiger partial charge in [-0.05, 0) is 24.3 Å². The first-order chi connectivity index (χ1) is 9.83. The lowest BCUT2D eigenvalue weighted by molar-refractivity contribution is 0.425. The van der Waals surface area contributed by atoms with Gasteiger partial charge in [0.05, 0.1) is 10.8 Å². The number of hydrogen-bond acceptors (Lipinski definition) is 4. The molecule has 0 N–H and O–H groups in total. The standard InChI is InChI=1S/C15H11ClN2OS/c16-12-8-4-5-9-13(12)20-10-14-17-15(19-18-14)11-6-2-1-3-7-11/h1-9H,10H2. The fourth-order valence-electron chi connectivity index (χ4n) is 1.71. The number of hydrogen-bond donors (Lipinski definition) is 0. The Hall–Kier alpha value is -1.78. The maximum atomic E-state index is 6.11. The molecular weight excluding hydrogens is 292 g/mol. The largest absolute Gasteiger partial charge is 0.334 e. The number of thioether (sulfide) groups is 1. The van der Waals surface area contributed by atoms with Gasteiger partial charge in [-0.25, -0.2) is 0 Å². The highest BCUT2D eigenvalue weighted by Crippen LogP contribution is 2.29. The predicted molar refractivity (Wildman–Crippen MR) is 80.7 cm³/mol. The van der Waals surface area contributed by atoms with Crippen molar-refractivity contribution in [3.63, 3.8) is 0 Å². The average molecular weight is 303 g/mol. The summed E-state index contributed by atoms with van der Waals surface area (Å²) in [6.07, 6.45) is 0. The van der Waals surface area contributed by atoms with Crippen LogP contribution in [0.4, 0.5) is 0 Å². The Bertz CT molecular complexity index is 700. The highest BCUT2D eigenvalue weighted by molar-refractivity contribution is 7.98. The van der Waals surface area contributed by atoms with Gasteiger partial charge in [0.2, 0.25) is 0 Å². The molecule has 0 amide bonds. The Kier molecular flexibility index (Phi) is 4.04. The summed E-state index contributed by atoms with van der Waals surface area (Å²) in [6, 6.07) is 17.4. The molecule has 2 aromatic carbocycles. The van der Waals surface area contributed by atoms with E-state index in [4.69, 9.17) is 16.1 Å². The van der Waals surface area contributed by atoms with Crippen LogP contribution in [0, 0.1) is 0 Å². The lowest BCUT2D eigenvalue weighted by Gasteiger charge is -2.00.